The normalized spacial score (nSPS) is 10.2. The topological polar surface area (TPSA) is 55.2 Å². The first-order valence-corrected chi connectivity index (χ1v) is 6.13. The van der Waals surface area contributed by atoms with Crippen LogP contribution in [0.5, 0.6) is 0 Å². The lowest BCUT2D eigenvalue weighted by atomic mass is 10.2. The van der Waals surface area contributed by atoms with Crippen LogP contribution in [0.2, 0.25) is 5.02 Å². The average molecular weight is 269 g/mol. The molecule has 0 spiro atoms. The summed E-state index contributed by atoms with van der Waals surface area (Å²) in [6.07, 6.45) is 0. The van der Waals surface area contributed by atoms with Crippen LogP contribution >= 0.6 is 22.9 Å². The van der Waals surface area contributed by atoms with E-state index in [1.807, 2.05) is 11.4 Å². The summed E-state index contributed by atoms with van der Waals surface area (Å²) in [7, 11) is 0. The molecular formula is C11H9ClN2O2S. The number of nitrogens with zero attached hydrogens (tertiary/aromatic N) is 1. The number of rotatable bonds is 4. The second-order valence-corrected chi connectivity index (χ2v) is 4.79. The predicted octanol–water partition coefficient (Wildman–Crippen LogP) is 3.92. The molecule has 0 fully saturated rings. The van der Waals surface area contributed by atoms with Gasteiger partial charge >= 0.3 is 0 Å². The minimum atomic E-state index is -0.399. The molecule has 1 aromatic heterocycles. The Morgan fingerprint density at radius 2 is 2.18 bits per heavy atom. The number of hydrogen-bond donors (Lipinski definition) is 1. The van der Waals surface area contributed by atoms with E-state index in [9.17, 15) is 10.1 Å². The maximum absolute atomic E-state index is 10.8. The molecule has 0 aliphatic rings. The highest BCUT2D eigenvalue weighted by molar-refractivity contribution is 7.10. The Bertz CT molecular complexity index is 542. The molecule has 0 amide bonds. The Morgan fingerprint density at radius 3 is 2.82 bits per heavy atom. The molecule has 1 aromatic carbocycles. The van der Waals surface area contributed by atoms with Crippen molar-refractivity contribution >= 4 is 34.3 Å². The number of nitro benzene ring substituents is 1. The van der Waals surface area contributed by atoms with Gasteiger partial charge in [-0.05, 0) is 12.1 Å². The van der Waals surface area contributed by atoms with Crippen LogP contribution in [0.3, 0.4) is 0 Å². The molecule has 0 aliphatic heterocycles. The Kier molecular flexibility index (Phi) is 3.61. The number of benzene rings is 1. The van der Waals surface area contributed by atoms with Crippen LogP contribution in [0, 0.1) is 10.1 Å². The van der Waals surface area contributed by atoms with E-state index in [-0.39, 0.29) is 5.69 Å². The summed E-state index contributed by atoms with van der Waals surface area (Å²) in [5.41, 5.74) is 0.595. The van der Waals surface area contributed by atoms with Gasteiger partial charge in [-0.2, -0.15) is 0 Å². The van der Waals surface area contributed by atoms with Crippen LogP contribution in [-0.2, 0) is 6.54 Å². The van der Waals surface area contributed by atoms with E-state index in [1.165, 1.54) is 17.4 Å². The van der Waals surface area contributed by atoms with Crippen LogP contribution in [0.15, 0.2) is 35.7 Å². The lowest BCUT2D eigenvalue weighted by Crippen LogP contribution is -2.00. The van der Waals surface area contributed by atoms with Crippen LogP contribution in [0.4, 0.5) is 11.4 Å². The smallest absolute Gasteiger partial charge is 0.292 e. The van der Waals surface area contributed by atoms with Gasteiger partial charge in [-0.3, -0.25) is 10.1 Å². The summed E-state index contributed by atoms with van der Waals surface area (Å²) in [4.78, 5) is 11.4. The maximum Gasteiger partial charge on any atom is 0.292 e. The van der Waals surface area contributed by atoms with Crippen molar-refractivity contribution in [1.82, 2.24) is 0 Å². The monoisotopic (exact) mass is 268 g/mol. The molecule has 0 atom stereocenters. The Labute approximate surface area is 107 Å². The van der Waals surface area contributed by atoms with Crippen molar-refractivity contribution < 1.29 is 4.92 Å². The van der Waals surface area contributed by atoms with Gasteiger partial charge in [0.1, 0.15) is 5.69 Å². The molecule has 0 saturated heterocycles. The number of para-hydroxylation sites is 2. The fourth-order valence-electron chi connectivity index (χ4n) is 1.41. The van der Waals surface area contributed by atoms with E-state index in [1.54, 1.807) is 18.2 Å². The van der Waals surface area contributed by atoms with Gasteiger partial charge < -0.3 is 5.32 Å². The maximum atomic E-state index is 10.8. The summed E-state index contributed by atoms with van der Waals surface area (Å²) in [6, 6.07) is 8.41. The van der Waals surface area contributed by atoms with E-state index in [2.05, 4.69) is 5.32 Å². The number of nitro groups is 1. The highest BCUT2D eigenvalue weighted by Gasteiger charge is 2.11. The molecule has 1 heterocycles. The fraction of sp³-hybridized carbons (Fsp3) is 0.0909. The number of thiophene rings is 1. The van der Waals surface area contributed by atoms with E-state index < -0.39 is 4.92 Å². The summed E-state index contributed by atoms with van der Waals surface area (Å²) in [5, 5.41) is 16.3. The van der Waals surface area contributed by atoms with E-state index in [4.69, 9.17) is 11.6 Å². The summed E-state index contributed by atoms with van der Waals surface area (Å²) < 4.78 is 0. The van der Waals surface area contributed by atoms with Crippen molar-refractivity contribution in [3.8, 4) is 0 Å². The van der Waals surface area contributed by atoms with Crippen molar-refractivity contribution in [2.75, 3.05) is 5.32 Å². The highest BCUT2D eigenvalue weighted by atomic mass is 35.5. The molecule has 4 nitrogen and oxygen atoms in total. The van der Waals surface area contributed by atoms with E-state index >= 15 is 0 Å². The van der Waals surface area contributed by atoms with Gasteiger partial charge in [0.15, 0.2) is 0 Å². The fourth-order valence-corrected chi connectivity index (χ4v) is 2.42. The van der Waals surface area contributed by atoms with Gasteiger partial charge in [0.05, 0.1) is 9.95 Å². The molecule has 0 aliphatic carbocycles. The van der Waals surface area contributed by atoms with E-state index in [0.717, 1.165) is 4.88 Å². The van der Waals surface area contributed by atoms with Crippen molar-refractivity contribution in [3.05, 3.63) is 55.7 Å². The third-order valence-corrected chi connectivity index (χ3v) is 3.46. The zero-order valence-corrected chi connectivity index (χ0v) is 10.3. The van der Waals surface area contributed by atoms with Crippen molar-refractivity contribution in [1.29, 1.82) is 0 Å². The molecule has 2 rings (SSSR count). The van der Waals surface area contributed by atoms with Crippen LogP contribution in [-0.4, -0.2) is 4.92 Å². The van der Waals surface area contributed by atoms with Crippen LogP contribution in [0.25, 0.3) is 0 Å². The van der Waals surface area contributed by atoms with E-state index in [0.29, 0.717) is 17.3 Å². The second kappa shape index (κ2) is 5.16. The van der Waals surface area contributed by atoms with Crippen LogP contribution in [0.1, 0.15) is 4.88 Å². The minimum absolute atomic E-state index is 0.0788. The first-order chi connectivity index (χ1) is 8.16. The zero-order valence-electron chi connectivity index (χ0n) is 8.72. The van der Waals surface area contributed by atoms with Crippen LogP contribution < -0.4 is 5.32 Å². The van der Waals surface area contributed by atoms with Gasteiger partial charge in [-0.15, -0.1) is 11.3 Å². The Hall–Kier alpha value is -1.59. The Morgan fingerprint density at radius 1 is 1.41 bits per heavy atom. The quantitative estimate of drug-likeness (QED) is 0.675. The Balaban J connectivity index is 2.11. The number of anilines is 1. The molecule has 2 aromatic rings. The standard InChI is InChI=1S/C11H9ClN2O2S/c12-8-5-9(17-7-8)6-13-10-3-1-2-4-11(10)14(15)16/h1-5,7,13H,6H2. The third-order valence-electron chi connectivity index (χ3n) is 2.18. The van der Waals surface area contributed by atoms with Crippen molar-refractivity contribution in [2.45, 2.75) is 6.54 Å². The van der Waals surface area contributed by atoms with Crippen molar-refractivity contribution in [3.63, 3.8) is 0 Å². The van der Waals surface area contributed by atoms with Gasteiger partial charge in [0.25, 0.3) is 5.69 Å². The lowest BCUT2D eigenvalue weighted by molar-refractivity contribution is -0.384. The third kappa shape index (κ3) is 2.95. The lowest BCUT2D eigenvalue weighted by Gasteiger charge is -2.04. The molecular weight excluding hydrogens is 260 g/mol. The molecule has 0 unspecified atom stereocenters. The average Bonchev–Trinajstić information content (AvgIpc) is 2.73. The molecule has 88 valence electrons. The molecule has 17 heavy (non-hydrogen) atoms. The largest absolute Gasteiger partial charge is 0.375 e. The number of nitrogens with one attached hydrogen (secondary N) is 1. The summed E-state index contributed by atoms with van der Waals surface area (Å²) in [5.74, 6) is 0. The second-order valence-electron chi connectivity index (χ2n) is 3.36. The molecule has 0 radical (unpaired) electrons. The van der Waals surface area contributed by atoms with Gasteiger partial charge in [-0.25, -0.2) is 0 Å². The first kappa shape index (κ1) is 11.9. The van der Waals surface area contributed by atoms with Gasteiger partial charge in [0.2, 0.25) is 0 Å². The van der Waals surface area contributed by atoms with Gasteiger partial charge in [-0.1, -0.05) is 23.7 Å². The van der Waals surface area contributed by atoms with Crippen molar-refractivity contribution in [2.24, 2.45) is 0 Å². The predicted molar refractivity (Wildman–Crippen MR) is 69.8 cm³/mol. The highest BCUT2D eigenvalue weighted by Crippen LogP contribution is 2.25. The van der Waals surface area contributed by atoms with Gasteiger partial charge in [0, 0.05) is 22.9 Å². The number of hydrogen-bond acceptors (Lipinski definition) is 4. The molecule has 0 saturated carbocycles. The molecule has 1 N–H and O–H groups in total. The summed E-state index contributed by atoms with van der Waals surface area (Å²) >= 11 is 7.32. The molecule has 6 heteroatoms. The summed E-state index contributed by atoms with van der Waals surface area (Å²) in [6.45, 7) is 0.530. The first-order valence-electron chi connectivity index (χ1n) is 4.87. The molecule has 0 bridgehead atoms. The SMILES string of the molecule is O=[N+]([O-])c1ccccc1NCc1cc(Cl)cs1. The minimum Gasteiger partial charge on any atom is -0.375 e. The number of halogens is 1. The zero-order chi connectivity index (χ0) is 12.3.